The van der Waals surface area contributed by atoms with Crippen LogP contribution < -0.4 is 0 Å². The van der Waals surface area contributed by atoms with E-state index in [1.807, 2.05) is 13.8 Å². The third-order valence-corrected chi connectivity index (χ3v) is 3.27. The quantitative estimate of drug-likeness (QED) is 0.579. The Hall–Kier alpha value is -0.0400. The maximum Gasteiger partial charge on any atom is 0.0120 e. The Balaban J connectivity index is 0.000000342. The van der Waals surface area contributed by atoms with Crippen LogP contribution in [0.2, 0.25) is 0 Å². The summed E-state index contributed by atoms with van der Waals surface area (Å²) in [6, 6.07) is 0.966. The fourth-order valence-electron chi connectivity index (χ4n) is 2.70. The van der Waals surface area contributed by atoms with Gasteiger partial charge in [0.1, 0.15) is 0 Å². The van der Waals surface area contributed by atoms with Gasteiger partial charge < -0.3 is 4.90 Å². The maximum absolute atomic E-state index is 2.57. The summed E-state index contributed by atoms with van der Waals surface area (Å²) in [7, 11) is 2.29. The van der Waals surface area contributed by atoms with Crippen molar-refractivity contribution in [2.75, 3.05) is 13.6 Å². The van der Waals surface area contributed by atoms with E-state index in [-0.39, 0.29) is 0 Å². The van der Waals surface area contributed by atoms with Crippen LogP contribution in [0.25, 0.3) is 0 Å². The van der Waals surface area contributed by atoms with Crippen molar-refractivity contribution < 1.29 is 0 Å². The first-order chi connectivity index (χ1) is 7.29. The van der Waals surface area contributed by atoms with Crippen molar-refractivity contribution in [3.8, 4) is 0 Å². The van der Waals surface area contributed by atoms with Gasteiger partial charge in [0.25, 0.3) is 0 Å². The van der Waals surface area contributed by atoms with E-state index in [0.717, 1.165) is 12.0 Å². The highest BCUT2D eigenvalue weighted by Crippen LogP contribution is 2.35. The van der Waals surface area contributed by atoms with Crippen molar-refractivity contribution in [3.63, 3.8) is 0 Å². The second kappa shape index (κ2) is 9.21. The molecule has 1 saturated carbocycles. The molecule has 0 N–H and O–H groups in total. The van der Waals surface area contributed by atoms with Crippen LogP contribution in [0.4, 0.5) is 0 Å². The van der Waals surface area contributed by atoms with Crippen LogP contribution in [-0.4, -0.2) is 24.5 Å². The summed E-state index contributed by atoms with van der Waals surface area (Å²) in [5.41, 5.74) is 0. The fourth-order valence-corrected chi connectivity index (χ4v) is 2.70. The predicted octanol–water partition coefficient (Wildman–Crippen LogP) is 4.32. The minimum Gasteiger partial charge on any atom is -0.303 e. The molecule has 2 aliphatic rings. The van der Waals surface area contributed by atoms with E-state index in [2.05, 4.69) is 25.8 Å². The number of nitrogens with zero attached hydrogens (tertiary/aromatic N) is 1. The minimum atomic E-state index is 0.966. The van der Waals surface area contributed by atoms with Gasteiger partial charge in [-0.1, -0.05) is 40.5 Å². The molecule has 0 bridgehead atoms. The van der Waals surface area contributed by atoms with Crippen LogP contribution in [0, 0.1) is 5.92 Å². The van der Waals surface area contributed by atoms with Crippen LogP contribution in [0.3, 0.4) is 0 Å². The lowest BCUT2D eigenvalue weighted by atomic mass is 9.93. The zero-order valence-electron chi connectivity index (χ0n) is 11.6. The van der Waals surface area contributed by atoms with E-state index in [1.165, 1.54) is 45.1 Å². The molecule has 2 rings (SSSR count). The Labute approximate surface area is 97.2 Å². The number of piperidine rings is 1. The van der Waals surface area contributed by atoms with Gasteiger partial charge in [0, 0.05) is 6.04 Å². The van der Waals surface area contributed by atoms with Crippen LogP contribution in [0.5, 0.6) is 0 Å². The zero-order valence-corrected chi connectivity index (χ0v) is 11.6. The second-order valence-corrected chi connectivity index (χ2v) is 4.59. The molecule has 2 atom stereocenters. The normalized spacial score (nSPS) is 29.4. The maximum atomic E-state index is 2.57. The summed E-state index contributed by atoms with van der Waals surface area (Å²) in [5.74, 6) is 1.07. The SMILES string of the molecule is CC.CCC.CN1CCCC2CCCC21. The molecule has 0 aromatic rings. The summed E-state index contributed by atoms with van der Waals surface area (Å²) in [4.78, 5) is 2.57. The van der Waals surface area contributed by atoms with Gasteiger partial charge in [0.2, 0.25) is 0 Å². The molecule has 0 aromatic heterocycles. The lowest BCUT2D eigenvalue weighted by Gasteiger charge is -2.34. The van der Waals surface area contributed by atoms with Gasteiger partial charge in [-0.2, -0.15) is 0 Å². The molecule has 0 amide bonds. The van der Waals surface area contributed by atoms with Crippen molar-refractivity contribution in [2.24, 2.45) is 5.92 Å². The molecular formula is C14H31N. The number of likely N-dealkylation sites (tertiary alicyclic amines) is 1. The first kappa shape index (κ1) is 15.0. The lowest BCUT2D eigenvalue weighted by Crippen LogP contribution is -2.39. The van der Waals surface area contributed by atoms with Crippen LogP contribution in [0.1, 0.15) is 66.2 Å². The van der Waals surface area contributed by atoms with Crippen molar-refractivity contribution in [1.29, 1.82) is 0 Å². The van der Waals surface area contributed by atoms with E-state index < -0.39 is 0 Å². The summed E-state index contributed by atoms with van der Waals surface area (Å²) in [6.07, 6.45) is 8.67. The zero-order chi connectivity index (χ0) is 11.7. The third-order valence-electron chi connectivity index (χ3n) is 3.27. The molecule has 1 aliphatic heterocycles. The molecule has 1 heterocycles. The molecule has 92 valence electrons. The average molecular weight is 213 g/mol. The van der Waals surface area contributed by atoms with E-state index >= 15 is 0 Å². The summed E-state index contributed by atoms with van der Waals surface area (Å²) in [5, 5.41) is 0. The van der Waals surface area contributed by atoms with Crippen molar-refractivity contribution >= 4 is 0 Å². The topological polar surface area (TPSA) is 3.24 Å². The highest BCUT2D eigenvalue weighted by molar-refractivity contribution is 4.87. The first-order valence-corrected chi connectivity index (χ1v) is 6.99. The number of hydrogen-bond acceptors (Lipinski definition) is 1. The summed E-state index contributed by atoms with van der Waals surface area (Å²) in [6.45, 7) is 9.60. The predicted molar refractivity (Wildman–Crippen MR) is 70.3 cm³/mol. The van der Waals surface area contributed by atoms with Crippen molar-refractivity contribution in [3.05, 3.63) is 0 Å². The van der Waals surface area contributed by atoms with Gasteiger partial charge in [-0.05, 0) is 45.2 Å². The van der Waals surface area contributed by atoms with Crippen LogP contribution in [0.15, 0.2) is 0 Å². The third kappa shape index (κ3) is 5.01. The molecule has 2 fully saturated rings. The van der Waals surface area contributed by atoms with Gasteiger partial charge in [0.05, 0.1) is 0 Å². The van der Waals surface area contributed by atoms with Gasteiger partial charge >= 0.3 is 0 Å². The Kier molecular flexibility index (Phi) is 9.18. The number of hydrogen-bond donors (Lipinski definition) is 0. The summed E-state index contributed by atoms with van der Waals surface area (Å²) < 4.78 is 0. The average Bonchev–Trinajstić information content (AvgIpc) is 2.71. The van der Waals surface area contributed by atoms with E-state index in [1.54, 1.807) is 0 Å². The smallest absolute Gasteiger partial charge is 0.0120 e. The Morgan fingerprint density at radius 1 is 1.00 bits per heavy atom. The van der Waals surface area contributed by atoms with Crippen LogP contribution >= 0.6 is 0 Å². The minimum absolute atomic E-state index is 0.966. The van der Waals surface area contributed by atoms with Gasteiger partial charge in [0.15, 0.2) is 0 Å². The number of fused-ring (bicyclic) bond motifs is 1. The molecule has 0 radical (unpaired) electrons. The highest BCUT2D eigenvalue weighted by Gasteiger charge is 2.32. The second-order valence-electron chi connectivity index (χ2n) is 4.59. The van der Waals surface area contributed by atoms with Gasteiger partial charge in [-0.25, -0.2) is 0 Å². The lowest BCUT2D eigenvalue weighted by molar-refractivity contribution is 0.144. The van der Waals surface area contributed by atoms with Gasteiger partial charge in [-0.3, -0.25) is 0 Å². The molecule has 0 aromatic carbocycles. The first-order valence-electron chi connectivity index (χ1n) is 6.99. The molecule has 2 unspecified atom stereocenters. The largest absolute Gasteiger partial charge is 0.303 e. The molecule has 15 heavy (non-hydrogen) atoms. The van der Waals surface area contributed by atoms with Crippen molar-refractivity contribution in [1.82, 2.24) is 4.90 Å². The molecule has 0 spiro atoms. The summed E-state index contributed by atoms with van der Waals surface area (Å²) >= 11 is 0. The molecule has 1 saturated heterocycles. The molecular weight excluding hydrogens is 182 g/mol. The monoisotopic (exact) mass is 213 g/mol. The van der Waals surface area contributed by atoms with E-state index in [4.69, 9.17) is 0 Å². The molecule has 1 nitrogen and oxygen atoms in total. The van der Waals surface area contributed by atoms with E-state index in [0.29, 0.717) is 0 Å². The molecule has 1 heteroatoms. The van der Waals surface area contributed by atoms with E-state index in [9.17, 15) is 0 Å². The van der Waals surface area contributed by atoms with Crippen LogP contribution in [-0.2, 0) is 0 Å². The Morgan fingerprint density at radius 2 is 1.53 bits per heavy atom. The van der Waals surface area contributed by atoms with Crippen molar-refractivity contribution in [2.45, 2.75) is 72.3 Å². The fraction of sp³-hybridized carbons (Fsp3) is 1.00. The number of rotatable bonds is 0. The highest BCUT2D eigenvalue weighted by atomic mass is 15.1. The standard InChI is InChI=1S/C9H17N.C3H8.C2H6/c1-10-7-3-5-8-4-2-6-9(8)10;1-3-2;1-2/h8-9H,2-7H2,1H3;3H2,1-2H3;1-2H3. The molecule has 1 aliphatic carbocycles. The van der Waals surface area contributed by atoms with Gasteiger partial charge in [-0.15, -0.1) is 0 Å². The Bertz CT molecular complexity index is 133. The Morgan fingerprint density at radius 3 is 2.07 bits per heavy atom.